The van der Waals surface area contributed by atoms with E-state index >= 15 is 0 Å². The van der Waals surface area contributed by atoms with Gasteiger partial charge in [0, 0.05) is 29.8 Å². The van der Waals surface area contributed by atoms with Gasteiger partial charge in [0.05, 0.1) is 13.2 Å². The van der Waals surface area contributed by atoms with Crippen LogP contribution in [0.5, 0.6) is 11.5 Å². The van der Waals surface area contributed by atoms with E-state index in [9.17, 15) is 0 Å². The number of hydrogen-bond donors (Lipinski definition) is 1. The van der Waals surface area contributed by atoms with Gasteiger partial charge in [0.15, 0.2) is 11.5 Å². The summed E-state index contributed by atoms with van der Waals surface area (Å²) in [4.78, 5) is 0. The zero-order chi connectivity index (χ0) is 15.1. The standard InChI is InChI=1S/C17H27NO2S/c1-4-17(5-2,21-3)13-18-12-14-8-6-9-15-16(14)20-11-7-10-19-15/h6,8-9,18H,4-5,7,10-13H2,1-3H3. The fourth-order valence-electron chi connectivity index (χ4n) is 2.68. The molecule has 1 aromatic rings. The normalized spacial score (nSPS) is 14.8. The number of para-hydroxylation sites is 1. The van der Waals surface area contributed by atoms with Crippen molar-refractivity contribution in [3.63, 3.8) is 0 Å². The molecule has 21 heavy (non-hydrogen) atoms. The van der Waals surface area contributed by atoms with E-state index in [4.69, 9.17) is 9.47 Å². The average molecular weight is 309 g/mol. The largest absolute Gasteiger partial charge is 0.490 e. The minimum absolute atomic E-state index is 0.336. The van der Waals surface area contributed by atoms with Crippen molar-refractivity contribution < 1.29 is 9.47 Å². The lowest BCUT2D eigenvalue weighted by molar-refractivity contribution is 0.296. The van der Waals surface area contributed by atoms with E-state index in [-0.39, 0.29) is 0 Å². The maximum absolute atomic E-state index is 5.87. The Morgan fingerprint density at radius 1 is 1.19 bits per heavy atom. The summed E-state index contributed by atoms with van der Waals surface area (Å²) >= 11 is 1.97. The van der Waals surface area contributed by atoms with Gasteiger partial charge in [-0.3, -0.25) is 0 Å². The topological polar surface area (TPSA) is 30.5 Å². The van der Waals surface area contributed by atoms with Crippen molar-refractivity contribution >= 4 is 11.8 Å². The van der Waals surface area contributed by atoms with Crippen molar-refractivity contribution in [3.05, 3.63) is 23.8 Å². The highest BCUT2D eigenvalue weighted by Crippen LogP contribution is 2.34. The summed E-state index contributed by atoms with van der Waals surface area (Å²) in [5.41, 5.74) is 1.19. The highest BCUT2D eigenvalue weighted by Gasteiger charge is 2.24. The summed E-state index contributed by atoms with van der Waals surface area (Å²) in [6, 6.07) is 6.17. The molecule has 4 heteroatoms. The monoisotopic (exact) mass is 309 g/mol. The van der Waals surface area contributed by atoms with Crippen LogP contribution in [0.3, 0.4) is 0 Å². The Bertz CT molecular complexity index is 438. The molecule has 0 bridgehead atoms. The number of nitrogens with one attached hydrogen (secondary N) is 1. The Hall–Kier alpha value is -0.870. The Kier molecular flexibility index (Phi) is 6.24. The van der Waals surface area contributed by atoms with E-state index in [1.165, 1.54) is 18.4 Å². The highest BCUT2D eigenvalue weighted by molar-refractivity contribution is 8.00. The Morgan fingerprint density at radius 2 is 1.95 bits per heavy atom. The van der Waals surface area contributed by atoms with Gasteiger partial charge in [0.2, 0.25) is 0 Å². The molecule has 0 aromatic heterocycles. The van der Waals surface area contributed by atoms with Crippen LogP contribution in [-0.2, 0) is 6.54 Å². The molecule has 0 spiro atoms. The van der Waals surface area contributed by atoms with Gasteiger partial charge in [0.1, 0.15) is 0 Å². The lowest BCUT2D eigenvalue weighted by atomic mass is 10.0. The first kappa shape index (κ1) is 16.5. The van der Waals surface area contributed by atoms with E-state index in [0.717, 1.165) is 44.2 Å². The molecule has 0 aliphatic carbocycles. The molecular formula is C17H27NO2S. The molecule has 1 aromatic carbocycles. The molecule has 1 heterocycles. The fourth-order valence-corrected chi connectivity index (χ4v) is 3.50. The molecule has 3 nitrogen and oxygen atoms in total. The number of hydrogen-bond acceptors (Lipinski definition) is 4. The summed E-state index contributed by atoms with van der Waals surface area (Å²) in [5, 5.41) is 3.61. The summed E-state index contributed by atoms with van der Waals surface area (Å²) in [7, 11) is 0. The van der Waals surface area contributed by atoms with E-state index in [1.807, 2.05) is 23.9 Å². The van der Waals surface area contributed by atoms with Crippen LogP contribution in [0.25, 0.3) is 0 Å². The molecule has 0 atom stereocenters. The summed E-state index contributed by atoms with van der Waals surface area (Å²) in [6.07, 6.45) is 5.53. The van der Waals surface area contributed by atoms with Crippen LogP contribution in [0.4, 0.5) is 0 Å². The molecule has 0 saturated carbocycles. The van der Waals surface area contributed by atoms with Crippen LogP contribution in [0, 0.1) is 0 Å². The third-order valence-electron chi connectivity index (χ3n) is 4.34. The Labute approximate surface area is 132 Å². The van der Waals surface area contributed by atoms with Crippen LogP contribution in [0.15, 0.2) is 18.2 Å². The van der Waals surface area contributed by atoms with Gasteiger partial charge in [-0.25, -0.2) is 0 Å². The van der Waals surface area contributed by atoms with Gasteiger partial charge in [0.25, 0.3) is 0 Å². The maximum atomic E-state index is 5.87. The Morgan fingerprint density at radius 3 is 2.67 bits per heavy atom. The first-order chi connectivity index (χ1) is 10.2. The molecule has 118 valence electrons. The molecule has 2 rings (SSSR count). The molecular weight excluding hydrogens is 282 g/mol. The van der Waals surface area contributed by atoms with E-state index in [1.54, 1.807) is 0 Å². The van der Waals surface area contributed by atoms with E-state index in [0.29, 0.717) is 4.75 Å². The zero-order valence-electron chi connectivity index (χ0n) is 13.4. The first-order valence-corrected chi connectivity index (χ1v) is 9.10. The smallest absolute Gasteiger partial charge is 0.165 e. The molecule has 0 unspecified atom stereocenters. The summed E-state index contributed by atoms with van der Waals surface area (Å²) in [6.45, 7) is 7.87. The van der Waals surface area contributed by atoms with Crippen molar-refractivity contribution in [3.8, 4) is 11.5 Å². The fraction of sp³-hybridized carbons (Fsp3) is 0.647. The second-order valence-corrected chi connectivity index (χ2v) is 6.77. The van der Waals surface area contributed by atoms with E-state index in [2.05, 4.69) is 31.5 Å². The predicted octanol–water partition coefficient (Wildman–Crippen LogP) is 3.86. The van der Waals surface area contributed by atoms with E-state index < -0.39 is 0 Å². The minimum Gasteiger partial charge on any atom is -0.490 e. The molecule has 0 radical (unpaired) electrons. The first-order valence-electron chi connectivity index (χ1n) is 7.88. The highest BCUT2D eigenvalue weighted by atomic mass is 32.2. The van der Waals surface area contributed by atoms with Crippen molar-refractivity contribution in [2.24, 2.45) is 0 Å². The molecule has 1 aliphatic rings. The van der Waals surface area contributed by atoms with Crippen molar-refractivity contribution in [2.75, 3.05) is 26.0 Å². The quantitative estimate of drug-likeness (QED) is 0.828. The van der Waals surface area contributed by atoms with Crippen molar-refractivity contribution in [1.82, 2.24) is 5.32 Å². The van der Waals surface area contributed by atoms with Gasteiger partial charge in [-0.1, -0.05) is 26.0 Å². The minimum atomic E-state index is 0.336. The summed E-state index contributed by atoms with van der Waals surface area (Å²) in [5.74, 6) is 1.80. The van der Waals surface area contributed by atoms with Crippen LogP contribution in [0.1, 0.15) is 38.7 Å². The second kappa shape index (κ2) is 7.95. The molecule has 1 aliphatic heterocycles. The number of benzene rings is 1. The predicted molar refractivity (Wildman–Crippen MR) is 90.6 cm³/mol. The van der Waals surface area contributed by atoms with Crippen molar-refractivity contribution in [2.45, 2.75) is 44.4 Å². The lowest BCUT2D eigenvalue weighted by Gasteiger charge is -2.30. The molecule has 0 amide bonds. The maximum Gasteiger partial charge on any atom is 0.165 e. The molecule has 0 fully saturated rings. The lowest BCUT2D eigenvalue weighted by Crippen LogP contribution is -2.36. The third-order valence-corrected chi connectivity index (χ3v) is 5.93. The second-order valence-electron chi connectivity index (χ2n) is 5.49. The Balaban J connectivity index is 2.00. The number of rotatable bonds is 7. The van der Waals surface area contributed by atoms with Crippen LogP contribution >= 0.6 is 11.8 Å². The van der Waals surface area contributed by atoms with Gasteiger partial charge in [-0.05, 0) is 25.2 Å². The zero-order valence-corrected chi connectivity index (χ0v) is 14.2. The van der Waals surface area contributed by atoms with Crippen LogP contribution < -0.4 is 14.8 Å². The third kappa shape index (κ3) is 4.07. The number of thioether (sulfide) groups is 1. The SMILES string of the molecule is CCC(CC)(CNCc1cccc2c1OCCCO2)SC. The molecule has 1 N–H and O–H groups in total. The molecule has 0 saturated heterocycles. The van der Waals surface area contributed by atoms with Gasteiger partial charge < -0.3 is 14.8 Å². The van der Waals surface area contributed by atoms with Gasteiger partial charge >= 0.3 is 0 Å². The summed E-state index contributed by atoms with van der Waals surface area (Å²) < 4.78 is 12.0. The average Bonchev–Trinajstić information content (AvgIpc) is 2.78. The van der Waals surface area contributed by atoms with Crippen molar-refractivity contribution in [1.29, 1.82) is 0 Å². The number of ether oxygens (including phenoxy) is 2. The van der Waals surface area contributed by atoms with Gasteiger partial charge in [-0.15, -0.1) is 0 Å². The van der Waals surface area contributed by atoms with Crippen LogP contribution in [0.2, 0.25) is 0 Å². The van der Waals surface area contributed by atoms with Gasteiger partial charge in [-0.2, -0.15) is 11.8 Å². The number of fused-ring (bicyclic) bond motifs is 1. The van der Waals surface area contributed by atoms with Crippen LogP contribution in [-0.4, -0.2) is 30.8 Å².